The highest BCUT2D eigenvalue weighted by molar-refractivity contribution is 7.85. The quantitative estimate of drug-likeness (QED) is 0.851. The van der Waals surface area contributed by atoms with E-state index >= 15 is 0 Å². The molecule has 2 aromatic rings. The Bertz CT molecular complexity index is 736. The minimum Gasteiger partial charge on any atom is -0.322 e. The number of hydrogen-bond donors (Lipinski definition) is 2. The number of anilines is 1. The summed E-state index contributed by atoms with van der Waals surface area (Å²) in [5, 5.41) is 2.66. The molecule has 0 spiro atoms. The van der Waals surface area contributed by atoms with Gasteiger partial charge in [-0.2, -0.15) is 8.42 Å². The summed E-state index contributed by atoms with van der Waals surface area (Å²) in [6.07, 6.45) is 0. The van der Waals surface area contributed by atoms with E-state index in [9.17, 15) is 13.2 Å². The predicted octanol–water partition coefficient (Wildman–Crippen LogP) is 2.49. The van der Waals surface area contributed by atoms with Crippen molar-refractivity contribution in [3.05, 3.63) is 59.7 Å². The van der Waals surface area contributed by atoms with Crippen LogP contribution in [0.5, 0.6) is 0 Å². The van der Waals surface area contributed by atoms with Crippen LogP contribution < -0.4 is 5.32 Å². The van der Waals surface area contributed by atoms with Crippen LogP contribution in [0.4, 0.5) is 5.69 Å². The summed E-state index contributed by atoms with van der Waals surface area (Å²) in [4.78, 5) is 11.8. The molecule has 0 aliphatic rings. The molecule has 0 aromatic heterocycles. The molecule has 0 atom stereocenters. The summed E-state index contributed by atoms with van der Waals surface area (Å²) in [7, 11) is -4.22. The van der Waals surface area contributed by atoms with Gasteiger partial charge in [0, 0.05) is 11.3 Å². The minimum atomic E-state index is -4.22. The Morgan fingerprint density at radius 1 is 1.05 bits per heavy atom. The third kappa shape index (κ3) is 3.23. The molecule has 0 aliphatic heterocycles. The second-order valence-electron chi connectivity index (χ2n) is 4.27. The zero-order valence-electron chi connectivity index (χ0n) is 10.7. The maximum Gasteiger partial charge on any atom is 0.294 e. The normalized spacial score (nSPS) is 11.1. The first kappa shape index (κ1) is 14.2. The molecular weight excluding hydrogens is 278 g/mol. The number of carbonyl (C=O) groups excluding carboxylic acids is 1. The molecule has 0 unspecified atom stereocenters. The van der Waals surface area contributed by atoms with Gasteiger partial charge in [-0.25, -0.2) is 0 Å². The SMILES string of the molecule is Cc1ccccc1C(=O)Nc1ccc(S(=O)(=O)O)cc1. The predicted molar refractivity (Wildman–Crippen MR) is 75.4 cm³/mol. The summed E-state index contributed by atoms with van der Waals surface area (Å²) in [5.74, 6) is -0.275. The van der Waals surface area contributed by atoms with Crippen LogP contribution in [-0.2, 0) is 10.1 Å². The van der Waals surface area contributed by atoms with Gasteiger partial charge in [0.2, 0.25) is 0 Å². The minimum absolute atomic E-state index is 0.216. The molecule has 1 amide bonds. The molecule has 0 heterocycles. The average molecular weight is 291 g/mol. The summed E-state index contributed by atoms with van der Waals surface area (Å²) in [5.41, 5.74) is 1.84. The zero-order valence-corrected chi connectivity index (χ0v) is 11.5. The molecule has 2 aromatic carbocycles. The third-order valence-corrected chi connectivity index (χ3v) is 3.67. The van der Waals surface area contributed by atoms with Gasteiger partial charge in [0.15, 0.2) is 0 Å². The van der Waals surface area contributed by atoms with E-state index in [0.29, 0.717) is 11.3 Å². The second-order valence-corrected chi connectivity index (χ2v) is 5.69. The summed E-state index contributed by atoms with van der Waals surface area (Å²) < 4.78 is 30.7. The Hall–Kier alpha value is -2.18. The lowest BCUT2D eigenvalue weighted by Gasteiger charge is -2.07. The lowest BCUT2D eigenvalue weighted by atomic mass is 10.1. The van der Waals surface area contributed by atoms with Gasteiger partial charge < -0.3 is 5.32 Å². The lowest BCUT2D eigenvalue weighted by Crippen LogP contribution is -2.13. The number of hydrogen-bond acceptors (Lipinski definition) is 3. The van der Waals surface area contributed by atoms with E-state index in [1.807, 2.05) is 19.1 Å². The number of rotatable bonds is 3. The van der Waals surface area contributed by atoms with E-state index < -0.39 is 10.1 Å². The van der Waals surface area contributed by atoms with Crippen LogP contribution in [0.2, 0.25) is 0 Å². The highest BCUT2D eigenvalue weighted by Crippen LogP contribution is 2.15. The Labute approximate surface area is 117 Å². The van der Waals surface area contributed by atoms with Crippen LogP contribution in [0.3, 0.4) is 0 Å². The van der Waals surface area contributed by atoms with Crippen LogP contribution in [-0.4, -0.2) is 18.9 Å². The van der Waals surface area contributed by atoms with Crippen molar-refractivity contribution in [1.82, 2.24) is 0 Å². The van der Waals surface area contributed by atoms with Crippen molar-refractivity contribution in [3.8, 4) is 0 Å². The first-order valence-electron chi connectivity index (χ1n) is 5.82. The van der Waals surface area contributed by atoms with E-state index in [2.05, 4.69) is 5.32 Å². The van der Waals surface area contributed by atoms with Crippen LogP contribution >= 0.6 is 0 Å². The van der Waals surface area contributed by atoms with Crippen molar-refractivity contribution in [2.75, 3.05) is 5.32 Å². The second kappa shape index (κ2) is 5.44. The van der Waals surface area contributed by atoms with Gasteiger partial charge in [0.05, 0.1) is 4.90 Å². The van der Waals surface area contributed by atoms with Gasteiger partial charge in [-0.1, -0.05) is 18.2 Å². The molecule has 0 fully saturated rings. The van der Waals surface area contributed by atoms with E-state index in [1.165, 1.54) is 24.3 Å². The third-order valence-electron chi connectivity index (χ3n) is 2.80. The van der Waals surface area contributed by atoms with Crippen LogP contribution in [0, 0.1) is 6.92 Å². The maximum atomic E-state index is 12.0. The topological polar surface area (TPSA) is 83.5 Å². The van der Waals surface area contributed by atoms with Crippen molar-refractivity contribution >= 4 is 21.7 Å². The summed E-state index contributed by atoms with van der Waals surface area (Å²) in [6, 6.07) is 12.4. The van der Waals surface area contributed by atoms with Crippen LogP contribution in [0.1, 0.15) is 15.9 Å². The van der Waals surface area contributed by atoms with Gasteiger partial charge in [-0.15, -0.1) is 0 Å². The largest absolute Gasteiger partial charge is 0.322 e. The molecule has 0 aliphatic carbocycles. The van der Waals surface area contributed by atoms with Crippen molar-refractivity contribution in [2.24, 2.45) is 0 Å². The molecule has 0 radical (unpaired) electrons. The molecule has 2 N–H and O–H groups in total. The summed E-state index contributed by atoms with van der Waals surface area (Å²) in [6.45, 7) is 1.83. The van der Waals surface area contributed by atoms with E-state index in [0.717, 1.165) is 5.56 Å². The maximum absolute atomic E-state index is 12.0. The van der Waals surface area contributed by atoms with Crippen molar-refractivity contribution in [2.45, 2.75) is 11.8 Å². The standard InChI is InChI=1S/C14H13NO4S/c1-10-4-2-3-5-13(10)14(16)15-11-6-8-12(9-7-11)20(17,18)19/h2-9H,1H3,(H,15,16)(H,17,18,19). The van der Waals surface area contributed by atoms with E-state index in [4.69, 9.17) is 4.55 Å². The first-order valence-corrected chi connectivity index (χ1v) is 7.26. The van der Waals surface area contributed by atoms with E-state index in [1.54, 1.807) is 12.1 Å². The lowest BCUT2D eigenvalue weighted by molar-refractivity contribution is 0.102. The monoisotopic (exact) mass is 291 g/mol. The molecule has 6 heteroatoms. The van der Waals surface area contributed by atoms with Gasteiger partial charge in [-0.05, 0) is 42.8 Å². The Morgan fingerprint density at radius 2 is 1.65 bits per heavy atom. The Balaban J connectivity index is 2.19. The fraction of sp³-hybridized carbons (Fsp3) is 0.0714. The fourth-order valence-corrected chi connectivity index (χ4v) is 2.22. The Morgan fingerprint density at radius 3 is 2.20 bits per heavy atom. The molecule has 0 saturated heterocycles. The molecule has 0 saturated carbocycles. The average Bonchev–Trinajstić information content (AvgIpc) is 2.38. The molecule has 2 rings (SSSR count). The van der Waals surface area contributed by atoms with Gasteiger partial charge in [-0.3, -0.25) is 9.35 Å². The number of nitrogens with one attached hydrogen (secondary N) is 1. The zero-order chi connectivity index (χ0) is 14.8. The highest BCUT2D eigenvalue weighted by Gasteiger charge is 2.11. The molecule has 0 bridgehead atoms. The van der Waals surface area contributed by atoms with Gasteiger partial charge in [0.1, 0.15) is 0 Å². The van der Waals surface area contributed by atoms with E-state index in [-0.39, 0.29) is 10.8 Å². The Kier molecular flexibility index (Phi) is 3.87. The molecule has 20 heavy (non-hydrogen) atoms. The van der Waals surface area contributed by atoms with Crippen LogP contribution in [0.25, 0.3) is 0 Å². The smallest absolute Gasteiger partial charge is 0.294 e. The molecular formula is C14H13NO4S. The number of benzene rings is 2. The molecule has 104 valence electrons. The van der Waals surface area contributed by atoms with Gasteiger partial charge >= 0.3 is 0 Å². The number of aryl methyl sites for hydroxylation is 1. The first-order chi connectivity index (χ1) is 9.38. The van der Waals surface area contributed by atoms with Crippen molar-refractivity contribution in [3.63, 3.8) is 0 Å². The van der Waals surface area contributed by atoms with Crippen LogP contribution in [0.15, 0.2) is 53.4 Å². The fourth-order valence-electron chi connectivity index (χ4n) is 1.74. The molecule has 5 nitrogen and oxygen atoms in total. The van der Waals surface area contributed by atoms with Crippen molar-refractivity contribution in [1.29, 1.82) is 0 Å². The summed E-state index contributed by atoms with van der Waals surface area (Å²) >= 11 is 0. The number of amides is 1. The van der Waals surface area contributed by atoms with Crippen molar-refractivity contribution < 1.29 is 17.8 Å². The number of carbonyl (C=O) groups is 1. The van der Waals surface area contributed by atoms with Gasteiger partial charge in [0.25, 0.3) is 16.0 Å². The highest BCUT2D eigenvalue weighted by atomic mass is 32.2.